The standard InChI is InChI=1S/C20H18Cl2N2O4S/c1-20(2,3)13-5-4-6-15(11-13)28-29(26,27)16-9-7-14(8-10-16)24-19(25)18(22)17(21)12-23-24/h4-12H,1-3H3. The summed E-state index contributed by atoms with van der Waals surface area (Å²) in [5.41, 5.74) is 0.531. The van der Waals surface area contributed by atoms with Crippen LogP contribution in [0.15, 0.2) is 64.4 Å². The van der Waals surface area contributed by atoms with E-state index in [4.69, 9.17) is 27.4 Å². The van der Waals surface area contributed by atoms with Crippen LogP contribution in [-0.4, -0.2) is 18.2 Å². The lowest BCUT2D eigenvalue weighted by Crippen LogP contribution is -2.21. The van der Waals surface area contributed by atoms with Crippen LogP contribution >= 0.6 is 23.2 Å². The molecule has 0 saturated carbocycles. The molecule has 9 heteroatoms. The fourth-order valence-electron chi connectivity index (χ4n) is 2.54. The number of hydrogen-bond donors (Lipinski definition) is 0. The summed E-state index contributed by atoms with van der Waals surface area (Å²) in [5.74, 6) is 0.226. The number of hydrogen-bond acceptors (Lipinski definition) is 5. The fraction of sp³-hybridized carbons (Fsp3) is 0.200. The largest absolute Gasteiger partial charge is 0.379 e. The molecule has 0 saturated heterocycles. The van der Waals surface area contributed by atoms with Gasteiger partial charge in [-0.1, -0.05) is 56.1 Å². The highest BCUT2D eigenvalue weighted by Gasteiger charge is 2.20. The van der Waals surface area contributed by atoms with E-state index in [2.05, 4.69) is 5.10 Å². The second-order valence-corrected chi connectivity index (χ2v) is 9.66. The molecule has 1 heterocycles. The Labute approximate surface area is 178 Å². The van der Waals surface area contributed by atoms with E-state index >= 15 is 0 Å². The number of rotatable bonds is 4. The van der Waals surface area contributed by atoms with E-state index < -0.39 is 15.7 Å². The SMILES string of the molecule is CC(C)(C)c1cccc(OS(=O)(=O)c2ccc(-n3ncc(Cl)c(Cl)c3=O)cc2)c1. The summed E-state index contributed by atoms with van der Waals surface area (Å²) in [4.78, 5) is 12.1. The monoisotopic (exact) mass is 452 g/mol. The summed E-state index contributed by atoms with van der Waals surface area (Å²) in [5, 5.41) is 3.78. The van der Waals surface area contributed by atoms with Crippen LogP contribution in [0.2, 0.25) is 10.0 Å². The number of aromatic nitrogens is 2. The van der Waals surface area contributed by atoms with Gasteiger partial charge in [-0.3, -0.25) is 4.79 Å². The summed E-state index contributed by atoms with van der Waals surface area (Å²) in [7, 11) is -4.05. The molecule has 3 aromatic rings. The van der Waals surface area contributed by atoms with Crippen molar-refractivity contribution in [1.82, 2.24) is 9.78 Å². The van der Waals surface area contributed by atoms with Gasteiger partial charge in [0.1, 0.15) is 15.7 Å². The van der Waals surface area contributed by atoms with Crippen LogP contribution in [0.5, 0.6) is 5.75 Å². The molecule has 0 radical (unpaired) electrons. The maximum absolute atomic E-state index is 12.6. The average Bonchev–Trinajstić information content (AvgIpc) is 2.66. The lowest BCUT2D eigenvalue weighted by atomic mass is 9.87. The zero-order chi connectivity index (χ0) is 21.4. The minimum Gasteiger partial charge on any atom is -0.379 e. The van der Waals surface area contributed by atoms with Crippen LogP contribution in [0.1, 0.15) is 26.3 Å². The summed E-state index contributed by atoms with van der Waals surface area (Å²) in [6.07, 6.45) is 1.24. The zero-order valence-electron chi connectivity index (χ0n) is 15.9. The van der Waals surface area contributed by atoms with E-state index in [0.29, 0.717) is 5.69 Å². The van der Waals surface area contributed by atoms with Crippen LogP contribution in [0.25, 0.3) is 5.69 Å². The van der Waals surface area contributed by atoms with Gasteiger partial charge in [-0.05, 0) is 47.4 Å². The maximum atomic E-state index is 12.6. The highest BCUT2D eigenvalue weighted by Crippen LogP contribution is 2.27. The van der Waals surface area contributed by atoms with Crippen LogP contribution in [-0.2, 0) is 15.5 Å². The van der Waals surface area contributed by atoms with Gasteiger partial charge in [-0.15, -0.1) is 0 Å². The molecular weight excluding hydrogens is 435 g/mol. The molecule has 0 aliphatic rings. The van der Waals surface area contributed by atoms with Crippen LogP contribution in [0.3, 0.4) is 0 Å². The lowest BCUT2D eigenvalue weighted by molar-refractivity contribution is 0.484. The van der Waals surface area contributed by atoms with Gasteiger partial charge in [0, 0.05) is 0 Å². The van der Waals surface area contributed by atoms with Crippen molar-refractivity contribution in [3.05, 3.63) is 80.7 Å². The molecule has 0 aliphatic carbocycles. The first-order chi connectivity index (χ1) is 13.5. The van der Waals surface area contributed by atoms with Gasteiger partial charge >= 0.3 is 10.1 Å². The molecule has 0 fully saturated rings. The Kier molecular flexibility index (Phi) is 5.76. The summed E-state index contributed by atoms with van der Waals surface area (Å²) in [6, 6.07) is 12.5. The molecule has 1 aromatic heterocycles. The molecule has 29 heavy (non-hydrogen) atoms. The van der Waals surface area contributed by atoms with Crippen LogP contribution in [0.4, 0.5) is 0 Å². The van der Waals surface area contributed by atoms with E-state index in [1.807, 2.05) is 26.8 Å². The van der Waals surface area contributed by atoms with Crippen molar-refractivity contribution in [3.63, 3.8) is 0 Å². The minimum absolute atomic E-state index is 0.0398. The van der Waals surface area contributed by atoms with Gasteiger partial charge in [-0.2, -0.15) is 18.2 Å². The number of halogens is 2. The van der Waals surface area contributed by atoms with Crippen molar-refractivity contribution in [3.8, 4) is 11.4 Å². The van der Waals surface area contributed by atoms with E-state index in [-0.39, 0.29) is 26.1 Å². The minimum atomic E-state index is -4.05. The highest BCUT2D eigenvalue weighted by molar-refractivity contribution is 7.87. The predicted octanol–water partition coefficient (Wildman–Crippen LogP) is 4.60. The predicted molar refractivity (Wildman–Crippen MR) is 113 cm³/mol. The molecule has 3 rings (SSSR count). The quantitative estimate of drug-likeness (QED) is 0.540. The second kappa shape index (κ2) is 7.82. The normalized spacial score (nSPS) is 12.0. The van der Waals surface area contributed by atoms with Crippen molar-refractivity contribution in [2.75, 3.05) is 0 Å². The zero-order valence-corrected chi connectivity index (χ0v) is 18.2. The molecular formula is C20H18Cl2N2O4S. The molecule has 6 nitrogen and oxygen atoms in total. The second-order valence-electron chi connectivity index (χ2n) is 7.33. The summed E-state index contributed by atoms with van der Waals surface area (Å²) < 4.78 is 31.6. The fourth-order valence-corrected chi connectivity index (χ4v) is 3.72. The highest BCUT2D eigenvalue weighted by atomic mass is 35.5. The van der Waals surface area contributed by atoms with E-state index in [1.54, 1.807) is 18.2 Å². The molecule has 0 atom stereocenters. The Hall–Kier alpha value is -2.35. The topological polar surface area (TPSA) is 78.3 Å². The van der Waals surface area contributed by atoms with Gasteiger partial charge < -0.3 is 4.18 Å². The van der Waals surface area contributed by atoms with Gasteiger partial charge in [0.25, 0.3) is 5.56 Å². The van der Waals surface area contributed by atoms with Gasteiger partial charge in [0.2, 0.25) is 0 Å². The van der Waals surface area contributed by atoms with Crippen LogP contribution in [0, 0.1) is 0 Å². The third kappa shape index (κ3) is 4.63. The van der Waals surface area contributed by atoms with E-state index in [0.717, 1.165) is 10.2 Å². The van der Waals surface area contributed by atoms with Gasteiger partial charge in [0.15, 0.2) is 0 Å². The third-order valence-corrected chi connectivity index (χ3v) is 6.16. The van der Waals surface area contributed by atoms with E-state index in [9.17, 15) is 13.2 Å². The Balaban J connectivity index is 1.90. The first-order valence-corrected chi connectivity index (χ1v) is 10.7. The van der Waals surface area contributed by atoms with Crippen molar-refractivity contribution in [2.45, 2.75) is 31.1 Å². The first-order valence-electron chi connectivity index (χ1n) is 8.58. The molecule has 0 spiro atoms. The average molecular weight is 453 g/mol. The van der Waals surface area contributed by atoms with Crippen molar-refractivity contribution < 1.29 is 12.6 Å². The first kappa shape index (κ1) is 21.4. The summed E-state index contributed by atoms with van der Waals surface area (Å²) >= 11 is 11.6. The van der Waals surface area contributed by atoms with Crippen molar-refractivity contribution in [1.29, 1.82) is 0 Å². The maximum Gasteiger partial charge on any atom is 0.339 e. The molecule has 0 bridgehead atoms. The third-order valence-electron chi connectivity index (χ3n) is 4.15. The number of nitrogens with zero attached hydrogens (tertiary/aromatic N) is 2. The van der Waals surface area contributed by atoms with E-state index in [1.165, 1.54) is 30.5 Å². The van der Waals surface area contributed by atoms with Crippen LogP contribution < -0.4 is 9.74 Å². The Morgan fingerprint density at radius 1 is 1.03 bits per heavy atom. The molecule has 152 valence electrons. The van der Waals surface area contributed by atoms with Gasteiger partial charge in [0.05, 0.1) is 16.9 Å². The molecule has 2 aromatic carbocycles. The summed E-state index contributed by atoms with van der Waals surface area (Å²) in [6.45, 7) is 6.08. The lowest BCUT2D eigenvalue weighted by Gasteiger charge is -2.19. The molecule has 0 unspecified atom stereocenters. The molecule has 0 amide bonds. The van der Waals surface area contributed by atoms with Crippen molar-refractivity contribution in [2.24, 2.45) is 0 Å². The smallest absolute Gasteiger partial charge is 0.339 e. The molecule has 0 N–H and O–H groups in total. The Morgan fingerprint density at radius 2 is 1.69 bits per heavy atom. The van der Waals surface area contributed by atoms with Crippen molar-refractivity contribution >= 4 is 33.3 Å². The number of benzene rings is 2. The molecule has 0 aliphatic heterocycles. The Bertz CT molecular complexity index is 1210. The Morgan fingerprint density at radius 3 is 2.31 bits per heavy atom. The van der Waals surface area contributed by atoms with Gasteiger partial charge in [-0.25, -0.2) is 0 Å².